The molecule has 0 aliphatic carbocycles. The van der Waals surface area contributed by atoms with E-state index in [-0.39, 0.29) is 37.0 Å². The summed E-state index contributed by atoms with van der Waals surface area (Å²) in [5.74, 6) is 0.895. The molecule has 0 spiro atoms. The van der Waals surface area contributed by atoms with Crippen molar-refractivity contribution in [2.75, 3.05) is 13.1 Å². The quantitative estimate of drug-likeness (QED) is 0.766. The number of piperazine rings is 1. The molecule has 1 aliphatic heterocycles. The van der Waals surface area contributed by atoms with E-state index in [2.05, 4.69) is 5.32 Å². The van der Waals surface area contributed by atoms with Gasteiger partial charge >= 0.3 is 0 Å². The van der Waals surface area contributed by atoms with Gasteiger partial charge in [0.05, 0.1) is 19.1 Å². The number of furan rings is 1. The fourth-order valence-electron chi connectivity index (χ4n) is 2.35. The van der Waals surface area contributed by atoms with E-state index >= 15 is 0 Å². The molecule has 19 heavy (non-hydrogen) atoms. The summed E-state index contributed by atoms with van der Waals surface area (Å²) in [5, 5.41) is 2.29. The average molecular weight is 265 g/mol. The van der Waals surface area contributed by atoms with Gasteiger partial charge in [-0.05, 0) is 25.5 Å². The Morgan fingerprint density at radius 1 is 1.37 bits per heavy atom. The van der Waals surface area contributed by atoms with Crippen LogP contribution >= 0.6 is 0 Å². The molecule has 2 heterocycles. The Bertz CT molecular complexity index is 467. The molecule has 1 aromatic rings. The minimum Gasteiger partial charge on any atom is -0.465 e. The molecule has 1 aliphatic rings. The molecular formula is C13H19N3O3. The normalized spacial score (nSPS) is 20.2. The molecular weight excluding hydrogens is 246 g/mol. The second-order valence-corrected chi connectivity index (χ2v) is 4.84. The van der Waals surface area contributed by atoms with Gasteiger partial charge in [-0.2, -0.15) is 0 Å². The van der Waals surface area contributed by atoms with Gasteiger partial charge in [-0.1, -0.05) is 6.92 Å². The fraction of sp³-hybridized carbons (Fsp3) is 0.538. The predicted molar refractivity (Wildman–Crippen MR) is 69.2 cm³/mol. The van der Waals surface area contributed by atoms with E-state index in [1.54, 1.807) is 4.90 Å². The average Bonchev–Trinajstić information content (AvgIpc) is 2.74. The highest BCUT2D eigenvalue weighted by Gasteiger charge is 2.34. The Morgan fingerprint density at radius 2 is 2.00 bits per heavy atom. The molecule has 1 saturated heterocycles. The monoisotopic (exact) mass is 265 g/mol. The van der Waals surface area contributed by atoms with E-state index in [0.717, 1.165) is 12.2 Å². The van der Waals surface area contributed by atoms with Gasteiger partial charge in [-0.3, -0.25) is 19.8 Å². The highest BCUT2D eigenvalue weighted by Crippen LogP contribution is 2.27. The number of aryl methyl sites for hydroxylation is 1. The zero-order chi connectivity index (χ0) is 14.0. The number of nitrogens with zero attached hydrogens (tertiary/aromatic N) is 1. The van der Waals surface area contributed by atoms with Crippen molar-refractivity contribution >= 4 is 11.8 Å². The molecule has 104 valence electrons. The summed E-state index contributed by atoms with van der Waals surface area (Å²) in [7, 11) is 0. The largest absolute Gasteiger partial charge is 0.465 e. The van der Waals surface area contributed by atoms with Crippen LogP contribution in [0.3, 0.4) is 0 Å². The van der Waals surface area contributed by atoms with Gasteiger partial charge in [-0.15, -0.1) is 0 Å². The van der Waals surface area contributed by atoms with E-state index in [4.69, 9.17) is 10.2 Å². The lowest BCUT2D eigenvalue weighted by molar-refractivity contribution is -0.137. The topological polar surface area (TPSA) is 88.6 Å². The van der Waals surface area contributed by atoms with Gasteiger partial charge in [0.2, 0.25) is 11.8 Å². The van der Waals surface area contributed by atoms with Crippen LogP contribution in [-0.2, 0) is 9.59 Å². The van der Waals surface area contributed by atoms with E-state index in [0.29, 0.717) is 5.76 Å². The predicted octanol–water partition coefficient (Wildman–Crippen LogP) is 0.325. The molecule has 1 fully saturated rings. The first-order valence-electron chi connectivity index (χ1n) is 6.40. The number of imide groups is 1. The summed E-state index contributed by atoms with van der Waals surface area (Å²) in [6.07, 6.45) is 0.733. The van der Waals surface area contributed by atoms with Crippen molar-refractivity contribution in [2.45, 2.75) is 32.4 Å². The third-order valence-corrected chi connectivity index (χ3v) is 3.30. The lowest BCUT2D eigenvalue weighted by atomic mass is 10.0. The lowest BCUT2D eigenvalue weighted by Crippen LogP contribution is -2.55. The van der Waals surface area contributed by atoms with Crippen LogP contribution in [0.4, 0.5) is 0 Å². The van der Waals surface area contributed by atoms with Gasteiger partial charge in [-0.25, -0.2) is 0 Å². The van der Waals surface area contributed by atoms with Gasteiger partial charge in [0.25, 0.3) is 0 Å². The van der Waals surface area contributed by atoms with Crippen LogP contribution in [0.5, 0.6) is 0 Å². The second-order valence-electron chi connectivity index (χ2n) is 4.84. The van der Waals surface area contributed by atoms with Gasteiger partial charge in [0.15, 0.2) is 0 Å². The van der Waals surface area contributed by atoms with Gasteiger partial charge in [0.1, 0.15) is 11.5 Å². The van der Waals surface area contributed by atoms with Crippen LogP contribution in [0.15, 0.2) is 16.5 Å². The number of carbonyl (C=O) groups is 2. The Morgan fingerprint density at radius 3 is 2.47 bits per heavy atom. The number of rotatable bonds is 4. The summed E-state index contributed by atoms with van der Waals surface area (Å²) in [6.45, 7) is 4.14. The Hall–Kier alpha value is -1.66. The number of hydrogen-bond acceptors (Lipinski definition) is 5. The van der Waals surface area contributed by atoms with Crippen LogP contribution in [-0.4, -0.2) is 35.8 Å². The summed E-state index contributed by atoms with van der Waals surface area (Å²) in [6, 6.07) is 3.27. The summed E-state index contributed by atoms with van der Waals surface area (Å²) in [5.41, 5.74) is 6.14. The van der Waals surface area contributed by atoms with E-state index in [1.165, 1.54) is 0 Å². The molecule has 0 saturated carbocycles. The Balaban J connectivity index is 2.27. The highest BCUT2D eigenvalue weighted by atomic mass is 16.3. The minimum atomic E-state index is -0.298. The first-order chi connectivity index (χ1) is 9.01. The van der Waals surface area contributed by atoms with Crippen molar-refractivity contribution in [3.63, 3.8) is 0 Å². The zero-order valence-electron chi connectivity index (χ0n) is 11.2. The molecule has 0 aromatic carbocycles. The molecule has 6 nitrogen and oxygen atoms in total. The third-order valence-electron chi connectivity index (χ3n) is 3.30. The van der Waals surface area contributed by atoms with Crippen LogP contribution in [0.25, 0.3) is 0 Å². The van der Waals surface area contributed by atoms with E-state index in [9.17, 15) is 9.59 Å². The molecule has 6 heteroatoms. The summed E-state index contributed by atoms with van der Waals surface area (Å²) in [4.78, 5) is 24.8. The number of amides is 2. The van der Waals surface area contributed by atoms with Crippen molar-refractivity contribution in [2.24, 2.45) is 5.73 Å². The van der Waals surface area contributed by atoms with Crippen molar-refractivity contribution in [1.82, 2.24) is 10.2 Å². The maximum atomic E-state index is 11.5. The second kappa shape index (κ2) is 5.54. The van der Waals surface area contributed by atoms with Crippen molar-refractivity contribution < 1.29 is 14.0 Å². The zero-order valence-corrected chi connectivity index (χ0v) is 11.2. The molecule has 0 bridgehead atoms. The first kappa shape index (κ1) is 13.8. The van der Waals surface area contributed by atoms with E-state index in [1.807, 2.05) is 26.0 Å². The molecule has 0 radical (unpaired) electrons. The Labute approximate surface area is 111 Å². The van der Waals surface area contributed by atoms with Crippen LogP contribution in [0, 0.1) is 6.92 Å². The molecule has 2 amide bonds. The third kappa shape index (κ3) is 3.02. The SMILES string of the molecule is CCC(N)C(c1ccc(C)o1)N1CC(=O)NC(=O)C1. The Kier molecular flexibility index (Phi) is 4.01. The summed E-state index contributed by atoms with van der Waals surface area (Å²) >= 11 is 0. The molecule has 2 unspecified atom stereocenters. The fourth-order valence-corrected chi connectivity index (χ4v) is 2.35. The molecule has 2 atom stereocenters. The van der Waals surface area contributed by atoms with Crippen LogP contribution in [0.2, 0.25) is 0 Å². The van der Waals surface area contributed by atoms with Crippen molar-refractivity contribution in [1.29, 1.82) is 0 Å². The molecule has 2 rings (SSSR count). The maximum absolute atomic E-state index is 11.5. The number of carbonyl (C=O) groups excluding carboxylic acids is 2. The van der Waals surface area contributed by atoms with Gasteiger partial charge in [0, 0.05) is 6.04 Å². The molecule has 1 aromatic heterocycles. The molecule has 3 N–H and O–H groups in total. The standard InChI is InChI=1S/C13H19N3O3/c1-3-9(14)13(10-5-4-8(2)19-10)16-6-11(17)15-12(18)7-16/h4-5,9,13H,3,6-7,14H2,1-2H3,(H,15,17,18). The highest BCUT2D eigenvalue weighted by molar-refractivity contribution is 5.99. The number of nitrogens with one attached hydrogen (secondary N) is 1. The minimum absolute atomic E-state index is 0.157. The number of nitrogens with two attached hydrogens (primary N) is 1. The maximum Gasteiger partial charge on any atom is 0.240 e. The van der Waals surface area contributed by atoms with Crippen LogP contribution in [0.1, 0.15) is 30.9 Å². The number of hydrogen-bond donors (Lipinski definition) is 2. The van der Waals surface area contributed by atoms with Crippen molar-refractivity contribution in [3.8, 4) is 0 Å². The van der Waals surface area contributed by atoms with Crippen LogP contribution < -0.4 is 11.1 Å². The van der Waals surface area contributed by atoms with Crippen molar-refractivity contribution in [3.05, 3.63) is 23.7 Å². The van der Waals surface area contributed by atoms with Gasteiger partial charge < -0.3 is 10.2 Å². The van der Waals surface area contributed by atoms with E-state index < -0.39 is 0 Å². The first-order valence-corrected chi connectivity index (χ1v) is 6.40. The summed E-state index contributed by atoms with van der Waals surface area (Å²) < 4.78 is 5.63. The lowest BCUT2D eigenvalue weighted by Gasteiger charge is -2.35. The smallest absolute Gasteiger partial charge is 0.240 e.